The normalized spacial score (nSPS) is 17.5. The van der Waals surface area contributed by atoms with Crippen molar-refractivity contribution >= 4 is 29.3 Å². The molecule has 1 atom stereocenters. The summed E-state index contributed by atoms with van der Waals surface area (Å²) in [5.74, 6) is -1.22. The lowest BCUT2D eigenvalue weighted by molar-refractivity contribution is -0.134. The summed E-state index contributed by atoms with van der Waals surface area (Å²) in [5, 5.41) is 9.63. The molecule has 2 heterocycles. The van der Waals surface area contributed by atoms with Crippen LogP contribution in [0.4, 0.5) is 0 Å². The first-order valence-electron chi connectivity index (χ1n) is 7.41. The SMILES string of the molecule is Cc1c(C(=O)NC2CCC(=O)NC2=O)cnn1-c1cccc(Cl)c1. The van der Waals surface area contributed by atoms with Crippen molar-refractivity contribution < 1.29 is 14.4 Å². The summed E-state index contributed by atoms with van der Waals surface area (Å²) in [7, 11) is 0. The Labute approximate surface area is 143 Å². The maximum Gasteiger partial charge on any atom is 0.255 e. The highest BCUT2D eigenvalue weighted by molar-refractivity contribution is 6.30. The first kappa shape index (κ1) is 16.2. The number of nitrogens with zero attached hydrogens (tertiary/aromatic N) is 2. The summed E-state index contributed by atoms with van der Waals surface area (Å²) in [6.07, 6.45) is 1.94. The Morgan fingerprint density at radius 2 is 2.21 bits per heavy atom. The van der Waals surface area contributed by atoms with E-state index in [9.17, 15) is 14.4 Å². The zero-order valence-corrected chi connectivity index (χ0v) is 13.6. The van der Waals surface area contributed by atoms with Crippen LogP contribution in [0.1, 0.15) is 28.9 Å². The van der Waals surface area contributed by atoms with E-state index in [1.54, 1.807) is 29.8 Å². The Morgan fingerprint density at radius 3 is 2.92 bits per heavy atom. The molecule has 1 aliphatic heterocycles. The molecule has 7 nitrogen and oxygen atoms in total. The van der Waals surface area contributed by atoms with Crippen LogP contribution in [0.3, 0.4) is 0 Å². The maximum atomic E-state index is 12.4. The number of piperidine rings is 1. The van der Waals surface area contributed by atoms with Crippen molar-refractivity contribution in [3.63, 3.8) is 0 Å². The topological polar surface area (TPSA) is 93.1 Å². The van der Waals surface area contributed by atoms with E-state index < -0.39 is 17.9 Å². The van der Waals surface area contributed by atoms with Gasteiger partial charge in [-0.25, -0.2) is 4.68 Å². The molecule has 1 aromatic carbocycles. The summed E-state index contributed by atoms with van der Waals surface area (Å²) in [6, 6.07) is 6.39. The van der Waals surface area contributed by atoms with E-state index in [1.165, 1.54) is 6.20 Å². The molecular weight excluding hydrogens is 332 g/mol. The predicted molar refractivity (Wildman–Crippen MR) is 86.9 cm³/mol. The number of nitrogens with one attached hydrogen (secondary N) is 2. The summed E-state index contributed by atoms with van der Waals surface area (Å²) >= 11 is 5.98. The second-order valence-electron chi connectivity index (χ2n) is 5.51. The smallest absolute Gasteiger partial charge is 0.255 e. The van der Waals surface area contributed by atoms with Gasteiger partial charge in [0, 0.05) is 11.4 Å². The Bertz CT molecular complexity index is 830. The molecule has 0 spiro atoms. The largest absolute Gasteiger partial charge is 0.340 e. The lowest BCUT2D eigenvalue weighted by Gasteiger charge is -2.21. The third-order valence-electron chi connectivity index (χ3n) is 3.85. The first-order valence-corrected chi connectivity index (χ1v) is 7.78. The molecule has 0 aliphatic carbocycles. The van der Waals surface area contributed by atoms with Crippen LogP contribution in [-0.4, -0.2) is 33.5 Å². The van der Waals surface area contributed by atoms with Crippen molar-refractivity contribution in [3.8, 4) is 5.69 Å². The van der Waals surface area contributed by atoms with Crippen LogP contribution in [-0.2, 0) is 9.59 Å². The molecule has 3 rings (SSSR count). The van der Waals surface area contributed by atoms with Gasteiger partial charge in [-0.3, -0.25) is 19.7 Å². The molecule has 1 saturated heterocycles. The monoisotopic (exact) mass is 346 g/mol. The molecule has 3 amide bonds. The minimum atomic E-state index is -0.718. The number of carbonyl (C=O) groups is 3. The fourth-order valence-corrected chi connectivity index (χ4v) is 2.75. The Hall–Kier alpha value is -2.67. The molecule has 8 heteroatoms. The predicted octanol–water partition coefficient (Wildman–Crippen LogP) is 1.37. The highest BCUT2D eigenvalue weighted by atomic mass is 35.5. The standard InChI is InChI=1S/C16H15ClN4O3/c1-9-12(8-18-21(9)11-4-2-3-10(17)7-11)15(23)19-13-5-6-14(22)20-16(13)24/h2-4,7-8,13H,5-6H2,1H3,(H,19,23)(H,20,22,24). The Morgan fingerprint density at radius 1 is 1.42 bits per heavy atom. The van der Waals surface area contributed by atoms with E-state index in [2.05, 4.69) is 15.7 Å². The van der Waals surface area contributed by atoms with Gasteiger partial charge in [-0.05, 0) is 31.5 Å². The summed E-state index contributed by atoms with van der Waals surface area (Å²) in [4.78, 5) is 35.3. The summed E-state index contributed by atoms with van der Waals surface area (Å²) < 4.78 is 1.60. The zero-order valence-electron chi connectivity index (χ0n) is 12.9. The molecule has 1 aliphatic rings. The fourth-order valence-electron chi connectivity index (χ4n) is 2.57. The number of carbonyl (C=O) groups excluding carboxylic acids is 3. The van der Waals surface area contributed by atoms with Gasteiger partial charge in [0.1, 0.15) is 6.04 Å². The number of benzene rings is 1. The number of rotatable bonds is 3. The molecule has 0 saturated carbocycles. The van der Waals surface area contributed by atoms with Crippen LogP contribution in [0.5, 0.6) is 0 Å². The lowest BCUT2D eigenvalue weighted by Crippen LogP contribution is -2.52. The van der Waals surface area contributed by atoms with E-state index in [4.69, 9.17) is 11.6 Å². The number of halogens is 1. The van der Waals surface area contributed by atoms with E-state index in [0.717, 1.165) is 5.69 Å². The molecule has 1 unspecified atom stereocenters. The second kappa shape index (κ2) is 6.45. The van der Waals surface area contributed by atoms with Crippen LogP contribution in [0, 0.1) is 6.92 Å². The van der Waals surface area contributed by atoms with Crippen molar-refractivity contribution in [1.82, 2.24) is 20.4 Å². The number of hydrogen-bond donors (Lipinski definition) is 2. The highest BCUT2D eigenvalue weighted by Gasteiger charge is 2.29. The second-order valence-corrected chi connectivity index (χ2v) is 5.95. The van der Waals surface area contributed by atoms with Gasteiger partial charge in [0.05, 0.1) is 23.1 Å². The molecule has 1 aromatic heterocycles. The Kier molecular flexibility index (Phi) is 4.35. The van der Waals surface area contributed by atoms with Gasteiger partial charge < -0.3 is 5.32 Å². The summed E-state index contributed by atoms with van der Waals surface area (Å²) in [5.41, 5.74) is 1.72. The fraction of sp³-hybridized carbons (Fsp3) is 0.250. The third-order valence-corrected chi connectivity index (χ3v) is 4.09. The minimum absolute atomic E-state index is 0.206. The van der Waals surface area contributed by atoms with Gasteiger partial charge in [0.25, 0.3) is 5.91 Å². The average molecular weight is 347 g/mol. The van der Waals surface area contributed by atoms with E-state index >= 15 is 0 Å². The Balaban J connectivity index is 1.79. The van der Waals surface area contributed by atoms with E-state index in [1.807, 2.05) is 6.07 Å². The van der Waals surface area contributed by atoms with Crippen LogP contribution < -0.4 is 10.6 Å². The molecule has 2 aromatic rings. The van der Waals surface area contributed by atoms with Crippen molar-refractivity contribution in [2.24, 2.45) is 0 Å². The van der Waals surface area contributed by atoms with Crippen LogP contribution in [0.25, 0.3) is 5.69 Å². The first-order chi connectivity index (χ1) is 11.5. The van der Waals surface area contributed by atoms with Crippen LogP contribution >= 0.6 is 11.6 Å². The molecule has 2 N–H and O–H groups in total. The molecular formula is C16H15ClN4O3. The van der Waals surface area contributed by atoms with Crippen molar-refractivity contribution in [2.45, 2.75) is 25.8 Å². The molecule has 124 valence electrons. The third kappa shape index (κ3) is 3.16. The van der Waals surface area contributed by atoms with E-state index in [0.29, 0.717) is 16.3 Å². The molecule has 0 radical (unpaired) electrons. The van der Waals surface area contributed by atoms with Crippen molar-refractivity contribution in [1.29, 1.82) is 0 Å². The van der Waals surface area contributed by atoms with Crippen LogP contribution in [0.15, 0.2) is 30.5 Å². The molecule has 1 fully saturated rings. The quantitative estimate of drug-likeness (QED) is 0.821. The van der Waals surface area contributed by atoms with Gasteiger partial charge in [0.2, 0.25) is 11.8 Å². The minimum Gasteiger partial charge on any atom is -0.340 e. The van der Waals surface area contributed by atoms with Gasteiger partial charge in [-0.1, -0.05) is 17.7 Å². The zero-order chi connectivity index (χ0) is 17.3. The highest BCUT2D eigenvalue weighted by Crippen LogP contribution is 2.18. The number of imide groups is 1. The summed E-state index contributed by atoms with van der Waals surface area (Å²) in [6.45, 7) is 1.76. The van der Waals surface area contributed by atoms with Crippen molar-refractivity contribution in [2.75, 3.05) is 0 Å². The van der Waals surface area contributed by atoms with Crippen LogP contribution in [0.2, 0.25) is 5.02 Å². The number of aromatic nitrogens is 2. The average Bonchev–Trinajstić information content (AvgIpc) is 2.92. The molecule has 0 bridgehead atoms. The van der Waals surface area contributed by atoms with E-state index in [-0.39, 0.29) is 18.7 Å². The lowest BCUT2D eigenvalue weighted by atomic mass is 10.1. The van der Waals surface area contributed by atoms with Gasteiger partial charge in [-0.2, -0.15) is 5.10 Å². The molecule has 24 heavy (non-hydrogen) atoms. The number of amides is 3. The maximum absolute atomic E-state index is 12.4. The number of hydrogen-bond acceptors (Lipinski definition) is 4. The van der Waals surface area contributed by atoms with Crippen molar-refractivity contribution in [3.05, 3.63) is 46.7 Å². The van der Waals surface area contributed by atoms with Gasteiger partial charge in [0.15, 0.2) is 0 Å². The van der Waals surface area contributed by atoms with Gasteiger partial charge >= 0.3 is 0 Å². The van der Waals surface area contributed by atoms with Gasteiger partial charge in [-0.15, -0.1) is 0 Å².